The molecule has 0 fully saturated rings. The average Bonchev–Trinajstić information content (AvgIpc) is 3.79. The van der Waals surface area contributed by atoms with Gasteiger partial charge in [-0.25, -0.2) is 9.97 Å². The smallest absolute Gasteiger partial charge is 1.00 e. The molecule has 78 heavy (non-hydrogen) atoms. The Morgan fingerprint density at radius 3 is 1.55 bits per heavy atom. The fourth-order valence-corrected chi connectivity index (χ4v) is 10.3. The number of nitrogens with two attached hydrogens (primary N) is 1. The molecular weight excluding hydrogens is 1650 g/mol. The number of hydrogen-bond donors (Lipinski definition) is 2. The van der Waals surface area contributed by atoms with Gasteiger partial charge >= 0.3 is 171 Å². The normalized spacial score (nSPS) is 10.8. The number of nitrogens with one attached hydrogen (secondary N) is 1. The topological polar surface area (TPSA) is 143 Å². The zero-order valence-electron chi connectivity index (χ0n) is 48.6. The molecule has 0 saturated heterocycles. The number of pyridine rings is 4. The third-order valence-electron chi connectivity index (χ3n) is 12.0. The fourth-order valence-electron chi connectivity index (χ4n) is 8.93. The summed E-state index contributed by atoms with van der Waals surface area (Å²) in [6, 6.07) is 29.1. The van der Waals surface area contributed by atoms with Crippen LogP contribution in [0.1, 0.15) is 110 Å². The number of aromatic nitrogens is 5. The van der Waals surface area contributed by atoms with Gasteiger partial charge in [-0.2, -0.15) is 0 Å². The molecule has 3 N–H and O–H groups in total. The van der Waals surface area contributed by atoms with E-state index in [0.29, 0.717) is 22.7 Å². The molecule has 0 atom stereocenters. The number of hydrogen-bond acceptors (Lipinski definition) is 9. The van der Waals surface area contributed by atoms with Crippen molar-refractivity contribution in [1.82, 2.24) is 29.7 Å². The maximum Gasteiger partial charge on any atom is -1.00 e. The van der Waals surface area contributed by atoms with Crippen LogP contribution in [0.3, 0.4) is 0 Å². The second-order valence-electron chi connectivity index (χ2n) is 20.5. The maximum atomic E-state index is 8.64. The summed E-state index contributed by atoms with van der Waals surface area (Å²) in [6.45, 7) is 25.5. The number of fused-ring (bicyclic) bond motifs is 11. The Hall–Kier alpha value is 0.903. The summed E-state index contributed by atoms with van der Waals surface area (Å²) in [4.78, 5) is 30.1. The van der Waals surface area contributed by atoms with E-state index in [2.05, 4.69) is 187 Å². The van der Waals surface area contributed by atoms with E-state index in [1.165, 1.54) is 44.0 Å². The molecule has 0 saturated carbocycles. The first-order valence-corrected chi connectivity index (χ1v) is 31.5. The molecule has 5 aromatic heterocycles. The second kappa shape index (κ2) is 38.1. The summed E-state index contributed by atoms with van der Waals surface area (Å²) in [7, 11) is 1.98. The van der Waals surface area contributed by atoms with Crippen LogP contribution in [0.4, 0.5) is 5.82 Å². The van der Waals surface area contributed by atoms with E-state index in [1.807, 2.05) is 57.3 Å². The number of carbonyl (C=O) groups excluding carboxylic acids is 1. The van der Waals surface area contributed by atoms with Crippen LogP contribution in [0, 0.1) is 44.7 Å². The molecule has 0 radical (unpaired) electrons. The van der Waals surface area contributed by atoms with Crippen LogP contribution < -0.4 is 154 Å². The monoisotopic (exact) mass is 1720 g/mol. The van der Waals surface area contributed by atoms with Crippen LogP contribution in [-0.4, -0.2) is 44.4 Å². The van der Waals surface area contributed by atoms with Gasteiger partial charge in [0.15, 0.2) is 0 Å². The summed E-state index contributed by atoms with van der Waals surface area (Å²) < 4.78 is 5.08. The van der Waals surface area contributed by atoms with E-state index in [-0.39, 0.29) is 146 Å². The number of carbonyl (C=O) groups is 1. The van der Waals surface area contributed by atoms with Crippen molar-refractivity contribution in [3.63, 3.8) is 0 Å². The molecule has 0 unspecified atom stereocenters. The SMILES string of the molecule is CC(C)Cc1cc(I)c(I)cc1CC(C)C.CCCCNC.Cc1ccc2c(N)nc3ccc(Cl)cc3c2n1.Cc1ccc2c(n1)c1cc(Cl)ccc1n1c3cc(CC(C)C)c(CC(C)C)cc3nc21.O=CO[O-].[Cs+].[Cs+].[Cu][I].[H-]. The largest absolute Gasteiger partial charge is 1.00 e. The van der Waals surface area contributed by atoms with E-state index in [1.54, 1.807) is 37.5 Å². The standard InChI is InChI=1S/C27H28ClN3.C14H20I2.C13H10ClN3.C5H13N.CH2O3.2Cs.Cu.HI.H/c1-15(2)10-18-12-23-25(13-19(18)11-16(3)4)31-24-9-7-20(28)14-22(24)26-21(27(31)30-23)8-6-17(5)29-26;1-9(2)5-11-7-13(15)14(16)8-12(11)6-10(3)4;1-7-2-4-9-12(16-7)10-6-8(14)3-5-11(10)17-13(9)15;1-3-4-5-6-2;2-1-4-3;;;;;/h6-9,12-16H,10-11H2,1-5H3;7-10H,5-6H2,1-4H3;2-6H,1H3,(H2,15,17);6H,3-5H2,1-2H3;1,3H;;;;1H;/q;;;;;3*+1;;-1/p-2. The quantitative estimate of drug-likeness (QED) is 0.0232. The fraction of sp³-hybridized carbons (Fsp3) is 0.383. The van der Waals surface area contributed by atoms with Gasteiger partial charge in [0.1, 0.15) is 11.5 Å². The Kier molecular flexibility index (Phi) is 36.7. The number of halogens is 5. The van der Waals surface area contributed by atoms with E-state index in [4.69, 9.17) is 49.0 Å². The number of anilines is 1. The number of aryl methyl sites for hydroxylation is 2. The zero-order chi connectivity index (χ0) is 56.4. The average molecular weight is 1720 g/mol. The third-order valence-corrected chi connectivity index (χ3v) is 15.3. The molecule has 10 nitrogen and oxygen atoms in total. The second-order valence-corrected chi connectivity index (χ2v) is 23.7. The van der Waals surface area contributed by atoms with Gasteiger partial charge in [-0.15, -0.1) is 0 Å². The van der Waals surface area contributed by atoms with Gasteiger partial charge in [-0.05, 0) is 236 Å². The molecule has 414 valence electrons. The van der Waals surface area contributed by atoms with Gasteiger partial charge < -0.3 is 22.6 Å². The van der Waals surface area contributed by atoms with Gasteiger partial charge in [0.2, 0.25) is 0 Å². The Labute approximate surface area is 639 Å². The number of imidazole rings is 1. The number of unbranched alkanes of at least 4 members (excludes halogenated alkanes) is 1. The van der Waals surface area contributed by atoms with E-state index in [0.717, 1.165) is 108 Å². The van der Waals surface area contributed by atoms with Crippen molar-refractivity contribution in [2.75, 3.05) is 19.3 Å². The number of nitrogen functional groups attached to an aromatic ring is 1. The molecule has 0 aliphatic rings. The molecule has 0 aliphatic heterocycles. The predicted octanol–water partition coefficient (Wildman–Crippen LogP) is 10.6. The van der Waals surface area contributed by atoms with E-state index >= 15 is 0 Å². The van der Waals surface area contributed by atoms with Crippen molar-refractivity contribution in [3.05, 3.63) is 136 Å². The van der Waals surface area contributed by atoms with Gasteiger partial charge in [-0.1, -0.05) is 91.9 Å². The molecular formula is C60H73Cl2Cs2CuI3N7O3. The van der Waals surface area contributed by atoms with Gasteiger partial charge in [-0.3, -0.25) is 19.2 Å². The van der Waals surface area contributed by atoms with Gasteiger partial charge in [0.25, 0.3) is 6.47 Å². The van der Waals surface area contributed by atoms with Crippen LogP contribution in [0.25, 0.3) is 60.3 Å². The number of nitrogens with zero attached hydrogens (tertiary/aromatic N) is 5. The molecule has 0 aliphatic carbocycles. The summed E-state index contributed by atoms with van der Waals surface area (Å²) in [5, 5.41) is 16.8. The third kappa shape index (κ3) is 22.3. The zero-order valence-corrected chi connectivity index (χ0v) is 69.1. The Balaban J connectivity index is 0.000000557. The van der Waals surface area contributed by atoms with Crippen LogP contribution in [0.2, 0.25) is 10.0 Å². The van der Waals surface area contributed by atoms with Crippen molar-refractivity contribution in [2.24, 2.45) is 23.7 Å². The summed E-state index contributed by atoms with van der Waals surface area (Å²) in [5.74, 6) is 3.19. The summed E-state index contributed by atoms with van der Waals surface area (Å²) >= 11 is 23.2. The Morgan fingerprint density at radius 2 is 1.09 bits per heavy atom. The van der Waals surface area contributed by atoms with Crippen molar-refractivity contribution in [3.8, 4) is 0 Å². The molecule has 0 spiro atoms. The minimum Gasteiger partial charge on any atom is -1.00 e. The molecule has 5 heterocycles. The summed E-state index contributed by atoms with van der Waals surface area (Å²) in [5.41, 5.74) is 20.7. The first kappa shape index (κ1) is 75.0. The number of benzene rings is 4. The van der Waals surface area contributed by atoms with Crippen molar-refractivity contribution < 1.29 is 167 Å². The first-order valence-electron chi connectivity index (χ1n) is 25.6. The Morgan fingerprint density at radius 1 is 0.641 bits per heavy atom. The van der Waals surface area contributed by atoms with Crippen LogP contribution in [0.15, 0.2) is 84.9 Å². The van der Waals surface area contributed by atoms with Crippen LogP contribution >= 0.6 is 88.7 Å². The molecule has 9 rings (SSSR count). The van der Waals surface area contributed by atoms with Crippen molar-refractivity contribution in [1.29, 1.82) is 0 Å². The molecule has 9 aromatic rings. The van der Waals surface area contributed by atoms with Crippen molar-refractivity contribution >= 4 is 161 Å². The first-order chi connectivity index (χ1) is 36.2. The molecule has 18 heteroatoms. The van der Waals surface area contributed by atoms with Gasteiger partial charge in [0, 0.05) is 50.1 Å². The van der Waals surface area contributed by atoms with Crippen LogP contribution in [-0.2, 0) is 48.1 Å². The minimum absolute atomic E-state index is 0. The predicted molar refractivity (Wildman–Crippen MR) is 344 cm³/mol. The van der Waals surface area contributed by atoms with E-state index in [9.17, 15) is 0 Å². The Bertz CT molecular complexity index is 3340. The minimum atomic E-state index is -0.181. The van der Waals surface area contributed by atoms with Gasteiger partial charge in [0.05, 0.1) is 33.1 Å². The number of rotatable bonds is 12. The molecule has 0 amide bonds. The molecule has 4 aromatic carbocycles. The van der Waals surface area contributed by atoms with E-state index < -0.39 is 0 Å². The maximum absolute atomic E-state index is 8.64. The van der Waals surface area contributed by atoms with Crippen LogP contribution in [0.5, 0.6) is 0 Å². The summed E-state index contributed by atoms with van der Waals surface area (Å²) in [6.07, 6.45) is 7.15. The van der Waals surface area contributed by atoms with Crippen molar-refractivity contribution in [2.45, 2.75) is 115 Å². The molecule has 0 bridgehead atoms.